The van der Waals surface area contributed by atoms with Crippen LogP contribution >= 0.6 is 11.6 Å². The number of nitrogens with zero attached hydrogens (tertiary/aromatic N) is 2. The van der Waals surface area contributed by atoms with Crippen LogP contribution in [0.5, 0.6) is 0 Å². The van der Waals surface area contributed by atoms with E-state index in [0.717, 1.165) is 11.5 Å². The fourth-order valence-corrected chi connectivity index (χ4v) is 1.72. The first-order valence-corrected chi connectivity index (χ1v) is 6.01. The lowest BCUT2D eigenvalue weighted by molar-refractivity contribution is 0.867. The van der Waals surface area contributed by atoms with Crippen LogP contribution in [-0.2, 0) is 5.88 Å². The molecule has 0 amide bonds. The predicted octanol–water partition coefficient (Wildman–Crippen LogP) is 3.39. The number of nitrogens with one attached hydrogen (secondary N) is 1. The van der Waals surface area contributed by atoms with Crippen LogP contribution in [-0.4, -0.2) is 9.97 Å². The Bertz CT molecular complexity index is 473. The zero-order chi connectivity index (χ0) is 12.1. The molecule has 1 heterocycles. The minimum Gasteiger partial charge on any atom is -0.362 e. The molecule has 0 bridgehead atoms. The SMILES string of the molecule is CC(Nc1cncc(CCl)n1)c1ccccc1. The summed E-state index contributed by atoms with van der Waals surface area (Å²) >= 11 is 5.72. The minimum absolute atomic E-state index is 0.191. The Labute approximate surface area is 106 Å². The van der Waals surface area contributed by atoms with Gasteiger partial charge in [-0.25, -0.2) is 4.98 Å². The molecule has 0 spiro atoms. The number of hydrogen-bond donors (Lipinski definition) is 1. The average Bonchev–Trinajstić information content (AvgIpc) is 2.40. The first-order chi connectivity index (χ1) is 8.29. The van der Waals surface area contributed by atoms with E-state index in [1.807, 2.05) is 18.2 Å². The molecule has 1 atom stereocenters. The molecule has 0 saturated carbocycles. The van der Waals surface area contributed by atoms with Crippen LogP contribution in [0.25, 0.3) is 0 Å². The maximum atomic E-state index is 5.72. The quantitative estimate of drug-likeness (QED) is 0.842. The van der Waals surface area contributed by atoms with Crippen molar-refractivity contribution >= 4 is 17.4 Å². The van der Waals surface area contributed by atoms with Crippen molar-refractivity contribution in [3.63, 3.8) is 0 Å². The Hall–Kier alpha value is -1.61. The highest BCUT2D eigenvalue weighted by Gasteiger charge is 2.05. The molecule has 4 heteroatoms. The van der Waals surface area contributed by atoms with Gasteiger partial charge in [-0.05, 0) is 12.5 Å². The van der Waals surface area contributed by atoms with Crippen LogP contribution in [0.4, 0.5) is 5.82 Å². The maximum Gasteiger partial charge on any atom is 0.145 e. The molecule has 0 aliphatic carbocycles. The van der Waals surface area contributed by atoms with Gasteiger partial charge in [0.05, 0.1) is 17.8 Å². The normalized spacial score (nSPS) is 12.1. The van der Waals surface area contributed by atoms with Crippen LogP contribution in [0.15, 0.2) is 42.7 Å². The lowest BCUT2D eigenvalue weighted by atomic mass is 10.1. The topological polar surface area (TPSA) is 37.8 Å². The molecule has 0 saturated heterocycles. The van der Waals surface area contributed by atoms with E-state index in [9.17, 15) is 0 Å². The third-order valence-electron chi connectivity index (χ3n) is 2.49. The van der Waals surface area contributed by atoms with Crippen molar-refractivity contribution in [2.45, 2.75) is 18.8 Å². The molecular weight excluding hydrogens is 234 g/mol. The van der Waals surface area contributed by atoms with E-state index in [1.54, 1.807) is 12.4 Å². The number of aromatic nitrogens is 2. The molecule has 1 aromatic heterocycles. The Kier molecular flexibility index (Phi) is 3.94. The van der Waals surface area contributed by atoms with Gasteiger partial charge in [-0.2, -0.15) is 0 Å². The Balaban J connectivity index is 2.10. The second-order valence-corrected chi connectivity index (χ2v) is 4.07. The lowest BCUT2D eigenvalue weighted by Crippen LogP contribution is -2.08. The van der Waals surface area contributed by atoms with Crippen molar-refractivity contribution in [1.82, 2.24) is 9.97 Å². The van der Waals surface area contributed by atoms with Crippen molar-refractivity contribution in [2.24, 2.45) is 0 Å². The summed E-state index contributed by atoms with van der Waals surface area (Å²) in [6.07, 6.45) is 3.38. The van der Waals surface area contributed by atoms with Gasteiger partial charge in [0.2, 0.25) is 0 Å². The standard InChI is InChI=1S/C13H14ClN3/c1-10(11-5-3-2-4-6-11)16-13-9-15-8-12(7-14)17-13/h2-6,8-10H,7H2,1H3,(H,16,17). The molecule has 2 aromatic rings. The Morgan fingerprint density at radius 1 is 1.24 bits per heavy atom. The average molecular weight is 248 g/mol. The molecule has 88 valence electrons. The van der Waals surface area contributed by atoms with Gasteiger partial charge >= 0.3 is 0 Å². The van der Waals surface area contributed by atoms with Gasteiger partial charge in [-0.1, -0.05) is 30.3 Å². The van der Waals surface area contributed by atoms with Crippen molar-refractivity contribution in [1.29, 1.82) is 0 Å². The Morgan fingerprint density at radius 2 is 2.00 bits per heavy atom. The zero-order valence-corrected chi connectivity index (χ0v) is 10.4. The fraction of sp³-hybridized carbons (Fsp3) is 0.231. The first-order valence-electron chi connectivity index (χ1n) is 5.48. The number of rotatable bonds is 4. The van der Waals surface area contributed by atoms with Crippen LogP contribution in [0, 0.1) is 0 Å². The van der Waals surface area contributed by atoms with Crippen LogP contribution in [0.2, 0.25) is 0 Å². The molecule has 1 N–H and O–H groups in total. The first kappa shape index (κ1) is 11.9. The van der Waals surface area contributed by atoms with E-state index in [0.29, 0.717) is 5.88 Å². The smallest absolute Gasteiger partial charge is 0.145 e. The predicted molar refractivity (Wildman–Crippen MR) is 70.1 cm³/mol. The van der Waals surface area contributed by atoms with E-state index < -0.39 is 0 Å². The second-order valence-electron chi connectivity index (χ2n) is 3.81. The molecule has 1 unspecified atom stereocenters. The highest BCUT2D eigenvalue weighted by atomic mass is 35.5. The van der Waals surface area contributed by atoms with Gasteiger partial charge < -0.3 is 5.32 Å². The number of benzene rings is 1. The summed E-state index contributed by atoms with van der Waals surface area (Å²) in [5.74, 6) is 1.13. The lowest BCUT2D eigenvalue weighted by Gasteiger charge is -2.14. The fourth-order valence-electron chi connectivity index (χ4n) is 1.59. The minimum atomic E-state index is 0.191. The van der Waals surface area contributed by atoms with Crippen molar-refractivity contribution < 1.29 is 0 Å². The van der Waals surface area contributed by atoms with Crippen molar-refractivity contribution in [3.05, 3.63) is 54.0 Å². The van der Waals surface area contributed by atoms with Gasteiger partial charge in [0.15, 0.2) is 0 Å². The molecule has 17 heavy (non-hydrogen) atoms. The van der Waals surface area contributed by atoms with Gasteiger partial charge in [0, 0.05) is 12.2 Å². The highest BCUT2D eigenvalue weighted by Crippen LogP contribution is 2.17. The van der Waals surface area contributed by atoms with Crippen LogP contribution in [0.3, 0.4) is 0 Å². The van der Waals surface area contributed by atoms with Gasteiger partial charge in [-0.15, -0.1) is 11.6 Å². The molecular formula is C13H14ClN3. The third-order valence-corrected chi connectivity index (χ3v) is 2.76. The molecule has 0 aliphatic rings. The van der Waals surface area contributed by atoms with Crippen molar-refractivity contribution in [3.8, 4) is 0 Å². The van der Waals surface area contributed by atoms with E-state index in [2.05, 4.69) is 34.3 Å². The van der Waals surface area contributed by atoms with Gasteiger partial charge in [-0.3, -0.25) is 4.98 Å². The summed E-state index contributed by atoms with van der Waals surface area (Å²) in [5, 5.41) is 3.30. The molecule has 0 aliphatic heterocycles. The summed E-state index contributed by atoms with van der Waals surface area (Å²) in [6.45, 7) is 2.09. The maximum absolute atomic E-state index is 5.72. The number of anilines is 1. The summed E-state index contributed by atoms with van der Waals surface area (Å²) in [5.41, 5.74) is 1.99. The van der Waals surface area contributed by atoms with Gasteiger partial charge in [0.25, 0.3) is 0 Å². The van der Waals surface area contributed by atoms with Crippen molar-refractivity contribution in [2.75, 3.05) is 5.32 Å². The molecule has 0 radical (unpaired) electrons. The molecule has 2 rings (SSSR count). The number of halogens is 1. The highest BCUT2D eigenvalue weighted by molar-refractivity contribution is 6.16. The largest absolute Gasteiger partial charge is 0.362 e. The second kappa shape index (κ2) is 5.64. The molecule has 0 fully saturated rings. The summed E-state index contributed by atoms with van der Waals surface area (Å²) in [7, 11) is 0. The van der Waals surface area contributed by atoms with E-state index >= 15 is 0 Å². The molecule has 1 aromatic carbocycles. The summed E-state index contributed by atoms with van der Waals surface area (Å²) in [6, 6.07) is 10.4. The molecule has 3 nitrogen and oxygen atoms in total. The van der Waals surface area contributed by atoms with E-state index in [1.165, 1.54) is 5.56 Å². The van der Waals surface area contributed by atoms with E-state index in [4.69, 9.17) is 11.6 Å². The monoisotopic (exact) mass is 247 g/mol. The van der Waals surface area contributed by atoms with Gasteiger partial charge in [0.1, 0.15) is 5.82 Å². The summed E-state index contributed by atoms with van der Waals surface area (Å²) < 4.78 is 0. The zero-order valence-electron chi connectivity index (χ0n) is 9.60. The van der Waals surface area contributed by atoms with Crippen LogP contribution < -0.4 is 5.32 Å². The number of hydrogen-bond acceptors (Lipinski definition) is 3. The third kappa shape index (κ3) is 3.17. The van der Waals surface area contributed by atoms with Crippen LogP contribution in [0.1, 0.15) is 24.2 Å². The number of alkyl halides is 1. The van der Waals surface area contributed by atoms with E-state index in [-0.39, 0.29) is 6.04 Å². The summed E-state index contributed by atoms with van der Waals surface area (Å²) in [4.78, 5) is 8.44. The Morgan fingerprint density at radius 3 is 2.71 bits per heavy atom.